The SMILES string of the molecule is CCOC(=O)[C@H](OC(C)=O)[C@@H](NC(=O)OCc1ccccc1)c1ccccn1. The third-order valence-corrected chi connectivity index (χ3v) is 3.61. The van der Waals surface area contributed by atoms with Crippen LogP contribution in [0.1, 0.15) is 31.1 Å². The van der Waals surface area contributed by atoms with Gasteiger partial charge in [-0.2, -0.15) is 0 Å². The molecule has 0 saturated heterocycles. The van der Waals surface area contributed by atoms with Crippen LogP contribution in [0.5, 0.6) is 0 Å². The van der Waals surface area contributed by atoms with Gasteiger partial charge in [-0.3, -0.25) is 9.78 Å². The van der Waals surface area contributed by atoms with Crippen molar-refractivity contribution in [1.82, 2.24) is 10.3 Å². The highest BCUT2D eigenvalue weighted by Gasteiger charge is 2.36. The number of aromatic nitrogens is 1. The highest BCUT2D eigenvalue weighted by Crippen LogP contribution is 2.20. The third kappa shape index (κ3) is 6.39. The molecule has 8 nitrogen and oxygen atoms in total. The first-order chi connectivity index (χ1) is 13.5. The van der Waals surface area contributed by atoms with Crippen LogP contribution in [-0.2, 0) is 30.4 Å². The molecule has 1 aromatic heterocycles. The van der Waals surface area contributed by atoms with Crippen molar-refractivity contribution in [3.63, 3.8) is 0 Å². The van der Waals surface area contributed by atoms with Crippen LogP contribution in [0.25, 0.3) is 0 Å². The highest BCUT2D eigenvalue weighted by atomic mass is 16.6. The van der Waals surface area contributed by atoms with Crippen LogP contribution in [0.15, 0.2) is 54.7 Å². The number of amides is 1. The first kappa shape index (κ1) is 20.9. The van der Waals surface area contributed by atoms with Crippen molar-refractivity contribution in [3.8, 4) is 0 Å². The maximum absolute atomic E-state index is 12.3. The van der Waals surface area contributed by atoms with Gasteiger partial charge in [0.2, 0.25) is 6.10 Å². The number of hydrogen-bond donors (Lipinski definition) is 1. The fourth-order valence-corrected chi connectivity index (χ4v) is 2.41. The van der Waals surface area contributed by atoms with E-state index < -0.39 is 30.2 Å². The zero-order valence-electron chi connectivity index (χ0n) is 15.7. The van der Waals surface area contributed by atoms with E-state index in [1.807, 2.05) is 30.3 Å². The van der Waals surface area contributed by atoms with Crippen LogP contribution < -0.4 is 5.32 Å². The standard InChI is InChI=1S/C20H22N2O6/c1-3-26-19(24)18(28-14(2)23)17(16-11-7-8-12-21-16)22-20(25)27-13-15-9-5-4-6-10-15/h4-12,17-18H,3,13H2,1-2H3,(H,22,25)/t17-,18+/m0/s1. The summed E-state index contributed by atoms with van der Waals surface area (Å²) < 4.78 is 15.3. The molecule has 0 spiro atoms. The molecule has 0 fully saturated rings. The Bertz CT molecular complexity index is 782. The molecule has 0 aliphatic carbocycles. The monoisotopic (exact) mass is 386 g/mol. The minimum absolute atomic E-state index is 0.0409. The minimum Gasteiger partial charge on any atom is -0.463 e. The van der Waals surface area contributed by atoms with Gasteiger partial charge in [-0.1, -0.05) is 36.4 Å². The number of carbonyl (C=O) groups is 3. The fourth-order valence-electron chi connectivity index (χ4n) is 2.41. The Morgan fingerprint density at radius 3 is 2.36 bits per heavy atom. The summed E-state index contributed by atoms with van der Waals surface area (Å²) in [6.45, 7) is 2.92. The number of esters is 2. The molecule has 8 heteroatoms. The van der Waals surface area contributed by atoms with Crippen molar-refractivity contribution in [3.05, 3.63) is 66.0 Å². The first-order valence-electron chi connectivity index (χ1n) is 8.73. The molecule has 1 heterocycles. The Labute approximate surface area is 162 Å². The Morgan fingerprint density at radius 1 is 1.04 bits per heavy atom. The number of ether oxygens (including phenoxy) is 3. The van der Waals surface area contributed by atoms with Crippen LogP contribution in [0, 0.1) is 0 Å². The van der Waals surface area contributed by atoms with Crippen molar-refractivity contribution in [2.75, 3.05) is 6.61 Å². The molecule has 1 aromatic carbocycles. The second kappa shape index (κ2) is 10.7. The smallest absolute Gasteiger partial charge is 0.408 e. The summed E-state index contributed by atoms with van der Waals surface area (Å²) in [5.41, 5.74) is 1.12. The van der Waals surface area contributed by atoms with E-state index >= 15 is 0 Å². The summed E-state index contributed by atoms with van der Waals surface area (Å²) in [5.74, 6) is -1.49. The summed E-state index contributed by atoms with van der Waals surface area (Å²) in [6, 6.07) is 13.0. The first-order valence-corrected chi connectivity index (χ1v) is 8.73. The van der Waals surface area contributed by atoms with Gasteiger partial charge in [0.05, 0.1) is 12.3 Å². The zero-order valence-corrected chi connectivity index (χ0v) is 15.7. The van der Waals surface area contributed by atoms with Gasteiger partial charge < -0.3 is 19.5 Å². The number of nitrogens with zero attached hydrogens (tertiary/aromatic N) is 1. The summed E-state index contributed by atoms with van der Waals surface area (Å²) in [7, 11) is 0. The lowest BCUT2D eigenvalue weighted by Crippen LogP contribution is -2.44. The van der Waals surface area contributed by atoms with E-state index in [2.05, 4.69) is 10.3 Å². The van der Waals surface area contributed by atoms with Crippen molar-refractivity contribution in [2.24, 2.45) is 0 Å². The summed E-state index contributed by atoms with van der Waals surface area (Å²) in [5, 5.41) is 2.55. The molecule has 1 amide bonds. The molecule has 148 valence electrons. The molecule has 0 aliphatic rings. The van der Waals surface area contributed by atoms with Crippen LogP contribution in [-0.4, -0.2) is 35.7 Å². The van der Waals surface area contributed by atoms with Gasteiger partial charge in [-0.25, -0.2) is 9.59 Å². The summed E-state index contributed by atoms with van der Waals surface area (Å²) >= 11 is 0. The minimum atomic E-state index is -1.41. The van der Waals surface area contributed by atoms with Gasteiger partial charge in [0.1, 0.15) is 12.6 Å². The second-order valence-electron chi connectivity index (χ2n) is 5.72. The van der Waals surface area contributed by atoms with E-state index in [9.17, 15) is 14.4 Å². The van der Waals surface area contributed by atoms with Crippen molar-refractivity contribution in [2.45, 2.75) is 32.6 Å². The van der Waals surface area contributed by atoms with Crippen molar-refractivity contribution < 1.29 is 28.6 Å². The molecule has 2 rings (SSSR count). The lowest BCUT2D eigenvalue weighted by molar-refractivity contribution is -0.168. The number of alkyl carbamates (subject to hydrolysis) is 1. The third-order valence-electron chi connectivity index (χ3n) is 3.61. The molecular formula is C20H22N2O6. The van der Waals surface area contributed by atoms with E-state index in [1.54, 1.807) is 25.1 Å². The number of hydrogen-bond acceptors (Lipinski definition) is 7. The largest absolute Gasteiger partial charge is 0.463 e. The van der Waals surface area contributed by atoms with Crippen LogP contribution >= 0.6 is 0 Å². The Hall–Kier alpha value is -3.42. The normalized spacial score (nSPS) is 12.4. The molecule has 1 N–H and O–H groups in total. The fraction of sp³-hybridized carbons (Fsp3) is 0.300. The van der Waals surface area contributed by atoms with E-state index in [0.29, 0.717) is 5.69 Å². The van der Waals surface area contributed by atoms with E-state index in [0.717, 1.165) is 12.5 Å². The molecule has 0 radical (unpaired) electrons. The summed E-state index contributed by atoms with van der Waals surface area (Å²) in [4.78, 5) is 40.3. The predicted molar refractivity (Wildman–Crippen MR) is 98.9 cm³/mol. The maximum atomic E-state index is 12.3. The molecule has 2 aromatic rings. The number of pyridine rings is 1. The molecule has 28 heavy (non-hydrogen) atoms. The van der Waals surface area contributed by atoms with E-state index in [-0.39, 0.29) is 13.2 Å². The Morgan fingerprint density at radius 2 is 1.75 bits per heavy atom. The van der Waals surface area contributed by atoms with Gasteiger partial charge >= 0.3 is 18.0 Å². The van der Waals surface area contributed by atoms with Gasteiger partial charge in [-0.05, 0) is 24.6 Å². The van der Waals surface area contributed by atoms with Gasteiger partial charge in [0, 0.05) is 13.1 Å². The number of carbonyl (C=O) groups excluding carboxylic acids is 3. The molecule has 0 aliphatic heterocycles. The maximum Gasteiger partial charge on any atom is 0.408 e. The lowest BCUT2D eigenvalue weighted by Gasteiger charge is -2.25. The quantitative estimate of drug-likeness (QED) is 0.549. The topological polar surface area (TPSA) is 104 Å². The number of benzene rings is 1. The van der Waals surface area contributed by atoms with Crippen molar-refractivity contribution >= 4 is 18.0 Å². The predicted octanol–water partition coefficient (Wildman–Crippen LogP) is 2.54. The number of nitrogens with one attached hydrogen (secondary N) is 1. The van der Waals surface area contributed by atoms with E-state index in [4.69, 9.17) is 14.2 Å². The molecule has 0 bridgehead atoms. The molecular weight excluding hydrogens is 364 g/mol. The molecule has 2 atom stereocenters. The zero-order chi connectivity index (χ0) is 20.4. The second-order valence-corrected chi connectivity index (χ2v) is 5.72. The summed E-state index contributed by atoms with van der Waals surface area (Å²) in [6.07, 6.45) is -0.701. The van der Waals surface area contributed by atoms with Crippen LogP contribution in [0.2, 0.25) is 0 Å². The van der Waals surface area contributed by atoms with Crippen molar-refractivity contribution in [1.29, 1.82) is 0 Å². The average molecular weight is 386 g/mol. The Kier molecular flexibility index (Phi) is 7.95. The van der Waals surface area contributed by atoms with Crippen LogP contribution in [0.4, 0.5) is 4.79 Å². The van der Waals surface area contributed by atoms with Crippen LogP contribution in [0.3, 0.4) is 0 Å². The van der Waals surface area contributed by atoms with E-state index in [1.165, 1.54) is 6.20 Å². The van der Waals surface area contributed by atoms with Gasteiger partial charge in [0.15, 0.2) is 0 Å². The molecule has 0 unspecified atom stereocenters. The average Bonchev–Trinajstić information content (AvgIpc) is 2.70. The highest BCUT2D eigenvalue weighted by molar-refractivity contribution is 5.80. The lowest BCUT2D eigenvalue weighted by atomic mass is 10.1. The van der Waals surface area contributed by atoms with Gasteiger partial charge in [-0.15, -0.1) is 0 Å². The Balaban J connectivity index is 2.18. The molecule has 0 saturated carbocycles. The number of rotatable bonds is 8. The van der Waals surface area contributed by atoms with Gasteiger partial charge in [0.25, 0.3) is 0 Å².